The second kappa shape index (κ2) is 6.51. The van der Waals surface area contributed by atoms with Crippen LogP contribution in [0.4, 0.5) is 11.9 Å². The van der Waals surface area contributed by atoms with Crippen molar-refractivity contribution in [3.63, 3.8) is 0 Å². The van der Waals surface area contributed by atoms with Gasteiger partial charge in [-0.2, -0.15) is 15.0 Å². The van der Waals surface area contributed by atoms with Crippen LogP contribution in [0, 0.1) is 5.92 Å². The van der Waals surface area contributed by atoms with Crippen LogP contribution in [0.2, 0.25) is 0 Å². The molecule has 19 heavy (non-hydrogen) atoms. The van der Waals surface area contributed by atoms with E-state index in [4.69, 9.17) is 9.47 Å². The van der Waals surface area contributed by atoms with Crippen LogP contribution in [0.25, 0.3) is 0 Å². The first-order valence-electron chi connectivity index (χ1n) is 6.60. The van der Waals surface area contributed by atoms with Crippen LogP contribution >= 0.6 is 0 Å². The highest BCUT2D eigenvalue weighted by Crippen LogP contribution is 2.23. The Balaban J connectivity index is 1.98. The lowest BCUT2D eigenvalue weighted by molar-refractivity contribution is 0.0900. The van der Waals surface area contributed by atoms with Gasteiger partial charge in [-0.05, 0) is 12.8 Å². The number of nitrogens with one attached hydrogen (secondary N) is 2. The molecule has 2 heterocycles. The van der Waals surface area contributed by atoms with Crippen LogP contribution in [-0.4, -0.2) is 48.4 Å². The number of methoxy groups -OCH3 is 1. The van der Waals surface area contributed by atoms with Gasteiger partial charge in [0.05, 0.1) is 13.2 Å². The molecule has 2 atom stereocenters. The molecule has 2 unspecified atom stereocenters. The zero-order chi connectivity index (χ0) is 13.7. The molecule has 7 nitrogen and oxygen atoms in total. The van der Waals surface area contributed by atoms with Crippen molar-refractivity contribution in [2.75, 3.05) is 37.9 Å². The van der Waals surface area contributed by atoms with Crippen molar-refractivity contribution in [3.05, 3.63) is 0 Å². The third kappa shape index (κ3) is 3.44. The van der Waals surface area contributed by atoms with Gasteiger partial charge in [-0.15, -0.1) is 0 Å². The lowest BCUT2D eigenvalue weighted by Crippen LogP contribution is -2.23. The lowest BCUT2D eigenvalue weighted by atomic mass is 10.00. The number of ether oxygens (including phenoxy) is 2. The molecule has 0 bridgehead atoms. The molecular formula is C12H21N5O2. The molecule has 7 heteroatoms. The summed E-state index contributed by atoms with van der Waals surface area (Å²) in [5.74, 6) is 1.52. The molecule has 1 saturated heterocycles. The maximum atomic E-state index is 5.66. The van der Waals surface area contributed by atoms with Gasteiger partial charge in [0, 0.05) is 26.1 Å². The van der Waals surface area contributed by atoms with Crippen LogP contribution in [0.5, 0.6) is 6.01 Å². The number of rotatable bonds is 6. The molecule has 106 valence electrons. The first-order valence-corrected chi connectivity index (χ1v) is 6.60. The van der Waals surface area contributed by atoms with Gasteiger partial charge in [0.15, 0.2) is 0 Å². The number of hydrogen-bond donors (Lipinski definition) is 2. The van der Waals surface area contributed by atoms with Gasteiger partial charge in [0.25, 0.3) is 0 Å². The molecule has 1 aliphatic rings. The summed E-state index contributed by atoms with van der Waals surface area (Å²) in [5.41, 5.74) is 0. The fourth-order valence-corrected chi connectivity index (χ4v) is 2.24. The van der Waals surface area contributed by atoms with Crippen LogP contribution < -0.4 is 15.4 Å². The summed E-state index contributed by atoms with van der Waals surface area (Å²) >= 11 is 0. The van der Waals surface area contributed by atoms with Crippen molar-refractivity contribution in [2.45, 2.75) is 25.9 Å². The zero-order valence-corrected chi connectivity index (χ0v) is 11.6. The minimum atomic E-state index is 0.302. The normalized spacial score (nSPS) is 22.3. The van der Waals surface area contributed by atoms with Crippen LogP contribution in [0.1, 0.15) is 19.8 Å². The van der Waals surface area contributed by atoms with E-state index in [1.807, 2.05) is 0 Å². The quantitative estimate of drug-likeness (QED) is 0.800. The summed E-state index contributed by atoms with van der Waals surface area (Å²) < 4.78 is 10.7. The molecule has 0 spiro atoms. The Morgan fingerprint density at radius 3 is 2.79 bits per heavy atom. The van der Waals surface area contributed by atoms with Crippen LogP contribution in [0.3, 0.4) is 0 Å². The van der Waals surface area contributed by atoms with Crippen LogP contribution in [-0.2, 0) is 4.74 Å². The molecule has 2 N–H and O–H groups in total. The SMILES string of the molecule is CCC1OCCC1CNc1nc(NC)nc(OC)n1. The number of aromatic nitrogens is 3. The Morgan fingerprint density at radius 1 is 1.32 bits per heavy atom. The van der Waals surface area contributed by atoms with E-state index in [0.29, 0.717) is 29.9 Å². The predicted molar refractivity (Wildman–Crippen MR) is 72.6 cm³/mol. The third-order valence-electron chi connectivity index (χ3n) is 3.29. The average Bonchev–Trinajstić information content (AvgIpc) is 2.92. The standard InChI is InChI=1S/C12H21N5O2/c1-4-9-8(5-6-19-9)7-14-11-15-10(13-2)16-12(17-11)18-3/h8-9H,4-7H2,1-3H3,(H2,13,14,15,16,17). The van der Waals surface area contributed by atoms with Crippen molar-refractivity contribution >= 4 is 11.9 Å². The molecule has 2 rings (SSSR count). The maximum Gasteiger partial charge on any atom is 0.322 e. The van der Waals surface area contributed by atoms with Gasteiger partial charge in [-0.3, -0.25) is 0 Å². The predicted octanol–water partition coefficient (Wildman–Crippen LogP) is 1.15. The van der Waals surface area contributed by atoms with Crippen molar-refractivity contribution in [2.24, 2.45) is 5.92 Å². The highest BCUT2D eigenvalue weighted by Gasteiger charge is 2.26. The number of hydrogen-bond acceptors (Lipinski definition) is 7. The molecule has 1 aromatic heterocycles. The summed E-state index contributed by atoms with van der Waals surface area (Å²) in [7, 11) is 3.30. The Kier molecular flexibility index (Phi) is 4.73. The second-order valence-electron chi connectivity index (χ2n) is 4.47. The topological polar surface area (TPSA) is 81.2 Å². The third-order valence-corrected chi connectivity index (χ3v) is 3.29. The molecule has 0 aliphatic carbocycles. The van der Waals surface area contributed by atoms with Crippen LogP contribution in [0.15, 0.2) is 0 Å². The van der Waals surface area contributed by atoms with Crippen molar-refractivity contribution in [3.8, 4) is 6.01 Å². The van der Waals surface area contributed by atoms with Gasteiger partial charge < -0.3 is 20.1 Å². The second-order valence-corrected chi connectivity index (χ2v) is 4.47. The minimum Gasteiger partial charge on any atom is -0.467 e. The van der Waals surface area contributed by atoms with Gasteiger partial charge in [0.1, 0.15) is 0 Å². The van der Waals surface area contributed by atoms with E-state index >= 15 is 0 Å². The Bertz CT molecular complexity index is 393. The smallest absolute Gasteiger partial charge is 0.322 e. The molecule has 1 aromatic rings. The summed E-state index contributed by atoms with van der Waals surface area (Å²) in [4.78, 5) is 12.5. The van der Waals surface area contributed by atoms with E-state index in [9.17, 15) is 0 Å². The summed E-state index contributed by atoms with van der Waals surface area (Å²) in [6.45, 7) is 3.79. The van der Waals surface area contributed by atoms with E-state index in [1.54, 1.807) is 7.05 Å². The minimum absolute atomic E-state index is 0.302. The largest absolute Gasteiger partial charge is 0.467 e. The van der Waals surface area contributed by atoms with Gasteiger partial charge in [-0.25, -0.2) is 0 Å². The highest BCUT2D eigenvalue weighted by molar-refractivity contribution is 5.35. The molecular weight excluding hydrogens is 246 g/mol. The lowest BCUT2D eigenvalue weighted by Gasteiger charge is -2.17. The van der Waals surface area contributed by atoms with E-state index < -0.39 is 0 Å². The van der Waals surface area contributed by atoms with Gasteiger partial charge in [0.2, 0.25) is 11.9 Å². The number of anilines is 2. The maximum absolute atomic E-state index is 5.66. The van der Waals surface area contributed by atoms with E-state index in [-0.39, 0.29) is 0 Å². The Morgan fingerprint density at radius 2 is 2.11 bits per heavy atom. The monoisotopic (exact) mass is 267 g/mol. The summed E-state index contributed by atoms with van der Waals surface area (Å²) in [6.07, 6.45) is 2.45. The highest BCUT2D eigenvalue weighted by atomic mass is 16.5. The van der Waals surface area contributed by atoms with Crippen molar-refractivity contribution in [1.82, 2.24) is 15.0 Å². The van der Waals surface area contributed by atoms with Crippen molar-refractivity contribution < 1.29 is 9.47 Å². The Labute approximate surface area is 113 Å². The summed E-state index contributed by atoms with van der Waals surface area (Å²) in [6, 6.07) is 0.302. The fraction of sp³-hybridized carbons (Fsp3) is 0.750. The molecule has 0 saturated carbocycles. The molecule has 0 amide bonds. The number of nitrogens with zero attached hydrogens (tertiary/aromatic N) is 3. The zero-order valence-electron chi connectivity index (χ0n) is 11.6. The van der Waals surface area contributed by atoms with E-state index in [1.165, 1.54) is 7.11 Å². The van der Waals surface area contributed by atoms with Gasteiger partial charge in [-0.1, -0.05) is 6.92 Å². The molecule has 0 aromatic carbocycles. The van der Waals surface area contributed by atoms with E-state index in [0.717, 1.165) is 26.0 Å². The van der Waals surface area contributed by atoms with E-state index in [2.05, 4.69) is 32.5 Å². The molecule has 1 aliphatic heterocycles. The molecule has 1 fully saturated rings. The average molecular weight is 267 g/mol. The first-order chi connectivity index (χ1) is 9.26. The van der Waals surface area contributed by atoms with Crippen molar-refractivity contribution in [1.29, 1.82) is 0 Å². The van der Waals surface area contributed by atoms with Gasteiger partial charge >= 0.3 is 6.01 Å². The molecule has 0 radical (unpaired) electrons. The Hall–Kier alpha value is -1.63. The summed E-state index contributed by atoms with van der Waals surface area (Å²) in [5, 5.41) is 6.12. The first kappa shape index (κ1) is 13.8. The fourth-order valence-electron chi connectivity index (χ4n) is 2.24.